The van der Waals surface area contributed by atoms with Gasteiger partial charge in [-0.05, 0) is 31.5 Å². The van der Waals surface area contributed by atoms with Crippen molar-refractivity contribution in [2.24, 2.45) is 0 Å². The summed E-state index contributed by atoms with van der Waals surface area (Å²) in [6, 6.07) is 11.6. The molecule has 3 rings (SSSR count). The summed E-state index contributed by atoms with van der Waals surface area (Å²) in [4.78, 5) is 7.64. The number of β-amino-alcohol motifs (C(OH)–C–C–N with tert-alkyl or cyclic N) is 1. The Morgan fingerprint density at radius 2 is 1.55 bits per heavy atom. The Labute approximate surface area is 134 Å². The third kappa shape index (κ3) is 4.29. The molecule has 0 amide bonds. The lowest BCUT2D eigenvalue weighted by atomic mass is 10.0. The number of piperidine rings is 1. The average molecular weight is 303 g/mol. The number of aliphatic hydroxyl groups excluding tert-OH is 1. The molecule has 1 N–H and O–H groups in total. The van der Waals surface area contributed by atoms with Crippen LogP contribution in [0.5, 0.6) is 0 Å². The zero-order valence-electron chi connectivity index (χ0n) is 13.5. The maximum atomic E-state index is 9.02. The SMILES string of the molecule is OCCN1CCN(C2CCN(Cc3ccccc3)CC2)CC1. The van der Waals surface area contributed by atoms with Crippen molar-refractivity contribution >= 4 is 0 Å². The van der Waals surface area contributed by atoms with E-state index in [-0.39, 0.29) is 6.61 Å². The van der Waals surface area contributed by atoms with Crippen LogP contribution in [0, 0.1) is 0 Å². The lowest BCUT2D eigenvalue weighted by Gasteiger charge is -2.42. The van der Waals surface area contributed by atoms with Crippen molar-refractivity contribution in [1.82, 2.24) is 14.7 Å². The fourth-order valence-electron chi connectivity index (χ4n) is 3.78. The highest BCUT2D eigenvalue weighted by Gasteiger charge is 2.27. The number of likely N-dealkylation sites (tertiary alicyclic amines) is 1. The van der Waals surface area contributed by atoms with E-state index in [0.29, 0.717) is 0 Å². The topological polar surface area (TPSA) is 30.0 Å². The van der Waals surface area contributed by atoms with E-state index < -0.39 is 0 Å². The van der Waals surface area contributed by atoms with Gasteiger partial charge in [-0.2, -0.15) is 0 Å². The summed E-state index contributed by atoms with van der Waals surface area (Å²) in [5.41, 5.74) is 1.43. The molecule has 22 heavy (non-hydrogen) atoms. The number of hydrogen-bond acceptors (Lipinski definition) is 4. The Morgan fingerprint density at radius 3 is 2.18 bits per heavy atom. The molecule has 0 aliphatic carbocycles. The Kier molecular flexibility index (Phi) is 5.84. The Bertz CT molecular complexity index is 423. The number of nitrogens with zero attached hydrogens (tertiary/aromatic N) is 3. The molecule has 1 aromatic carbocycles. The normalized spacial score (nSPS) is 23.0. The maximum absolute atomic E-state index is 9.02. The molecule has 0 bridgehead atoms. The van der Waals surface area contributed by atoms with E-state index in [0.717, 1.165) is 32.2 Å². The number of aliphatic hydroxyl groups is 1. The summed E-state index contributed by atoms with van der Waals surface area (Å²) < 4.78 is 0. The summed E-state index contributed by atoms with van der Waals surface area (Å²) >= 11 is 0. The number of hydrogen-bond donors (Lipinski definition) is 1. The Hall–Kier alpha value is -0.940. The third-order valence-electron chi connectivity index (χ3n) is 5.15. The number of benzene rings is 1. The van der Waals surface area contributed by atoms with Gasteiger partial charge < -0.3 is 5.11 Å². The highest BCUT2D eigenvalue weighted by molar-refractivity contribution is 5.14. The van der Waals surface area contributed by atoms with E-state index in [4.69, 9.17) is 5.11 Å². The molecular formula is C18H29N3O. The van der Waals surface area contributed by atoms with Crippen LogP contribution >= 0.6 is 0 Å². The smallest absolute Gasteiger partial charge is 0.0558 e. The second-order valence-corrected chi connectivity index (χ2v) is 6.59. The van der Waals surface area contributed by atoms with Gasteiger partial charge in [0.25, 0.3) is 0 Å². The van der Waals surface area contributed by atoms with Crippen molar-refractivity contribution in [3.8, 4) is 0 Å². The first-order valence-electron chi connectivity index (χ1n) is 8.68. The molecule has 122 valence electrons. The molecule has 0 saturated carbocycles. The molecule has 2 saturated heterocycles. The summed E-state index contributed by atoms with van der Waals surface area (Å²) in [5.74, 6) is 0. The fraction of sp³-hybridized carbons (Fsp3) is 0.667. The van der Waals surface area contributed by atoms with E-state index >= 15 is 0 Å². The Morgan fingerprint density at radius 1 is 0.864 bits per heavy atom. The molecule has 2 aliphatic heterocycles. The van der Waals surface area contributed by atoms with E-state index in [1.807, 2.05) is 0 Å². The van der Waals surface area contributed by atoms with Crippen molar-refractivity contribution in [3.05, 3.63) is 35.9 Å². The van der Waals surface area contributed by atoms with Gasteiger partial charge >= 0.3 is 0 Å². The van der Waals surface area contributed by atoms with Crippen LogP contribution in [0.1, 0.15) is 18.4 Å². The van der Waals surface area contributed by atoms with Crippen LogP contribution in [0.2, 0.25) is 0 Å². The maximum Gasteiger partial charge on any atom is 0.0558 e. The minimum absolute atomic E-state index is 0.290. The fourth-order valence-corrected chi connectivity index (χ4v) is 3.78. The molecule has 1 aromatic rings. The van der Waals surface area contributed by atoms with Crippen molar-refractivity contribution in [3.63, 3.8) is 0 Å². The van der Waals surface area contributed by atoms with Crippen molar-refractivity contribution < 1.29 is 5.11 Å². The lowest BCUT2D eigenvalue weighted by Crippen LogP contribution is -2.53. The lowest BCUT2D eigenvalue weighted by molar-refractivity contribution is 0.0516. The van der Waals surface area contributed by atoms with Gasteiger partial charge in [0.2, 0.25) is 0 Å². The standard InChI is InChI=1S/C18H29N3O/c22-15-14-19-10-12-21(13-11-19)18-6-8-20(9-7-18)16-17-4-2-1-3-5-17/h1-5,18,22H,6-16H2. The predicted octanol–water partition coefficient (Wildman–Crippen LogP) is 1.26. The number of piperazine rings is 1. The summed E-state index contributed by atoms with van der Waals surface area (Å²) in [7, 11) is 0. The van der Waals surface area contributed by atoms with Crippen LogP contribution in [-0.4, -0.2) is 78.3 Å². The highest BCUT2D eigenvalue weighted by atomic mass is 16.3. The van der Waals surface area contributed by atoms with Gasteiger partial charge in [0.1, 0.15) is 0 Å². The molecule has 0 unspecified atom stereocenters. The second kappa shape index (κ2) is 8.06. The van der Waals surface area contributed by atoms with Crippen LogP contribution in [0.3, 0.4) is 0 Å². The van der Waals surface area contributed by atoms with Crippen LogP contribution in [0.15, 0.2) is 30.3 Å². The van der Waals surface area contributed by atoms with E-state index in [1.54, 1.807) is 0 Å². The monoisotopic (exact) mass is 303 g/mol. The summed E-state index contributed by atoms with van der Waals surface area (Å²) in [6.07, 6.45) is 2.60. The van der Waals surface area contributed by atoms with E-state index in [1.165, 1.54) is 44.6 Å². The molecule has 2 heterocycles. The summed E-state index contributed by atoms with van der Waals surface area (Å²) in [6.45, 7) is 9.23. The molecule has 0 spiro atoms. The first kappa shape index (κ1) is 15.9. The van der Waals surface area contributed by atoms with Crippen molar-refractivity contribution in [2.75, 3.05) is 52.4 Å². The minimum Gasteiger partial charge on any atom is -0.395 e. The third-order valence-corrected chi connectivity index (χ3v) is 5.15. The largest absolute Gasteiger partial charge is 0.395 e. The van der Waals surface area contributed by atoms with Crippen molar-refractivity contribution in [1.29, 1.82) is 0 Å². The quantitative estimate of drug-likeness (QED) is 0.887. The second-order valence-electron chi connectivity index (χ2n) is 6.59. The Balaban J connectivity index is 1.40. The van der Waals surface area contributed by atoms with Gasteiger partial charge in [0.05, 0.1) is 6.61 Å². The molecule has 2 aliphatic rings. The van der Waals surface area contributed by atoms with Crippen LogP contribution in [0.25, 0.3) is 0 Å². The molecule has 0 atom stereocenters. The average Bonchev–Trinajstić information content (AvgIpc) is 2.58. The van der Waals surface area contributed by atoms with Crippen LogP contribution < -0.4 is 0 Å². The minimum atomic E-state index is 0.290. The van der Waals surface area contributed by atoms with Gasteiger partial charge in [0.15, 0.2) is 0 Å². The van der Waals surface area contributed by atoms with Gasteiger partial charge in [-0.3, -0.25) is 14.7 Å². The van der Waals surface area contributed by atoms with Crippen LogP contribution in [0.4, 0.5) is 0 Å². The van der Waals surface area contributed by atoms with Gasteiger partial charge in [-0.25, -0.2) is 0 Å². The molecule has 0 aromatic heterocycles. The van der Waals surface area contributed by atoms with Gasteiger partial charge in [0, 0.05) is 45.3 Å². The molecule has 4 heteroatoms. The molecular weight excluding hydrogens is 274 g/mol. The predicted molar refractivity (Wildman–Crippen MR) is 89.8 cm³/mol. The van der Waals surface area contributed by atoms with Gasteiger partial charge in [-0.1, -0.05) is 30.3 Å². The van der Waals surface area contributed by atoms with E-state index in [9.17, 15) is 0 Å². The van der Waals surface area contributed by atoms with Gasteiger partial charge in [-0.15, -0.1) is 0 Å². The number of rotatable bonds is 5. The van der Waals surface area contributed by atoms with E-state index in [2.05, 4.69) is 45.0 Å². The van der Waals surface area contributed by atoms with Crippen LogP contribution in [-0.2, 0) is 6.54 Å². The molecule has 0 radical (unpaired) electrons. The summed E-state index contributed by atoms with van der Waals surface area (Å²) in [5, 5.41) is 9.02. The molecule has 2 fully saturated rings. The first-order valence-corrected chi connectivity index (χ1v) is 8.68. The van der Waals surface area contributed by atoms with Crippen molar-refractivity contribution in [2.45, 2.75) is 25.4 Å². The zero-order valence-corrected chi connectivity index (χ0v) is 13.5. The molecule has 4 nitrogen and oxygen atoms in total. The first-order chi connectivity index (χ1) is 10.8. The highest BCUT2D eigenvalue weighted by Crippen LogP contribution is 2.19. The zero-order chi connectivity index (χ0) is 15.2.